The van der Waals surface area contributed by atoms with Gasteiger partial charge in [-0.3, -0.25) is 9.59 Å². The van der Waals surface area contributed by atoms with Gasteiger partial charge in [-0.15, -0.1) is 0 Å². The maximum atomic E-state index is 11.3. The number of aliphatic hydroxyl groups is 1. The third-order valence-corrected chi connectivity index (χ3v) is 13.8. The van der Waals surface area contributed by atoms with Crippen molar-refractivity contribution in [2.75, 3.05) is 57.6 Å². The number of rotatable bonds is 17. The van der Waals surface area contributed by atoms with Crippen LogP contribution >= 0.6 is 0 Å². The molecule has 0 radical (unpaired) electrons. The number of para-hydroxylation sites is 1. The van der Waals surface area contributed by atoms with Crippen LogP contribution < -0.4 is 10.2 Å². The fourth-order valence-corrected chi connectivity index (χ4v) is 10.8. The van der Waals surface area contributed by atoms with Crippen LogP contribution in [0.15, 0.2) is 150 Å². The minimum atomic E-state index is -0.737. The summed E-state index contributed by atoms with van der Waals surface area (Å²) in [4.78, 5) is 25.2. The standard InChI is InChI=1S/C57H64N4O4.C2H6.CH4O/c1-56(2)49(59(36-18-8-12-26-51(62)63)47-32-28-40-20-14-16-24-45(40)53(47)56)34-30-42-38-61(5,6)39-43(55(42)58-44-22-10-7-11-23-44)31-35-50-57(3,4)54-46-25-17-15-21-41(46)29-33-48(54)60(50)37-19-9-13-27-52(64)65;2*1-2/h7,10-11,14-17,20-25,28-35H,8-9,12-13,18-19,26-27,36-39H2,1-6H3,(H-,62,63,64,65);1-2H3;2H,1H3/p+2/b42-30+,49-34+;;. The predicted molar refractivity (Wildman–Crippen MR) is 287 cm³/mol. The number of benzene rings is 5. The van der Waals surface area contributed by atoms with Gasteiger partial charge in [-0.05, 0) is 109 Å². The monoisotopic (exact) mass is 933 g/mol. The molecule has 0 atom stereocenters. The molecule has 3 heterocycles. The molecule has 8 rings (SSSR count). The second-order valence-corrected chi connectivity index (χ2v) is 19.9. The molecule has 0 fully saturated rings. The van der Waals surface area contributed by atoms with Crippen LogP contribution in [0.25, 0.3) is 21.5 Å². The molecular weight excluding hydrogens is 857 g/mol. The van der Waals surface area contributed by atoms with Crippen molar-refractivity contribution in [1.29, 1.82) is 0 Å². The van der Waals surface area contributed by atoms with Gasteiger partial charge in [-0.2, -0.15) is 4.58 Å². The van der Waals surface area contributed by atoms with Crippen LogP contribution in [0.2, 0.25) is 0 Å². The van der Waals surface area contributed by atoms with E-state index in [2.05, 4.69) is 184 Å². The highest BCUT2D eigenvalue weighted by Crippen LogP contribution is 2.51. The average Bonchev–Trinajstić information content (AvgIpc) is 3.69. The molecule has 0 aliphatic carbocycles. The Hall–Kier alpha value is -6.29. The molecule has 3 aliphatic heterocycles. The normalized spacial score (nSPS) is 17.7. The lowest BCUT2D eigenvalue weighted by molar-refractivity contribution is -0.881. The van der Waals surface area contributed by atoms with E-state index in [1.54, 1.807) is 0 Å². The number of quaternary nitrogens is 1. The highest BCUT2D eigenvalue weighted by atomic mass is 16.4. The number of aliphatic hydroxyl groups excluding tert-OH is 1. The number of nitrogens with zero attached hydrogens (tertiary/aromatic N) is 3. The van der Waals surface area contributed by atoms with Crippen molar-refractivity contribution in [3.8, 4) is 0 Å². The lowest BCUT2D eigenvalue weighted by Crippen LogP contribution is -2.46. The van der Waals surface area contributed by atoms with Crippen LogP contribution in [0.1, 0.15) is 104 Å². The van der Waals surface area contributed by atoms with E-state index in [1.165, 1.54) is 66.6 Å². The van der Waals surface area contributed by atoms with E-state index < -0.39 is 11.9 Å². The number of unbranched alkanes of at least 4 members (excludes halogenated alkanes) is 4. The van der Waals surface area contributed by atoms with E-state index in [1.807, 2.05) is 13.8 Å². The van der Waals surface area contributed by atoms with E-state index >= 15 is 0 Å². The van der Waals surface area contributed by atoms with Gasteiger partial charge in [-0.25, -0.2) is 0 Å². The molecule has 0 amide bonds. The molecule has 0 saturated heterocycles. The minimum Gasteiger partial charge on any atom is -0.481 e. The zero-order valence-electron chi connectivity index (χ0n) is 42.6. The first kappa shape index (κ1) is 52.1. The number of fused-ring (bicyclic) bond motifs is 6. The fraction of sp³-hybridized carbons (Fsp3) is 0.383. The Labute approximate surface area is 411 Å². The highest BCUT2D eigenvalue weighted by Gasteiger charge is 2.46. The summed E-state index contributed by atoms with van der Waals surface area (Å²) in [7, 11) is 5.63. The Kier molecular flexibility index (Phi) is 17.3. The van der Waals surface area contributed by atoms with E-state index in [9.17, 15) is 19.8 Å². The molecule has 0 bridgehead atoms. The number of hydrogen-bond donors (Lipinski definition) is 4. The molecule has 5 aromatic rings. The Balaban J connectivity index is 0.00000191. The SMILES string of the molecule is CC.CC1(C)C(/C=C/C2=C(Nc3ccccc3)C(=C/C=C3/N(CCCCCC(=O)O)c4ccc5ccccc5c4C3(C)C)/C[N+](C)(C)C2)=[N+](CCCCCC(=O)O)c2ccc3ccccc3c21.CO. The maximum absolute atomic E-state index is 11.3. The molecule has 9 heteroatoms. The first-order chi connectivity index (χ1) is 33.2. The summed E-state index contributed by atoms with van der Waals surface area (Å²) < 4.78 is 3.28. The van der Waals surface area contributed by atoms with E-state index in [-0.39, 0.29) is 23.7 Å². The molecule has 5 aromatic carbocycles. The highest BCUT2D eigenvalue weighted by molar-refractivity contribution is 6.08. The third-order valence-electron chi connectivity index (χ3n) is 13.8. The van der Waals surface area contributed by atoms with Crippen LogP contribution in [-0.2, 0) is 20.4 Å². The molecule has 0 aromatic heterocycles. The molecule has 364 valence electrons. The number of allylic oxidation sites excluding steroid dienone is 4. The summed E-state index contributed by atoms with van der Waals surface area (Å²) in [5.41, 5.74) is 11.7. The summed E-state index contributed by atoms with van der Waals surface area (Å²) in [6.45, 7) is 16.7. The second kappa shape index (κ2) is 22.9. The van der Waals surface area contributed by atoms with Gasteiger partial charge in [0.25, 0.3) is 0 Å². The summed E-state index contributed by atoms with van der Waals surface area (Å²) in [6.07, 6.45) is 14.7. The summed E-state index contributed by atoms with van der Waals surface area (Å²) in [6, 6.07) is 36.9. The van der Waals surface area contributed by atoms with Crippen LogP contribution in [0, 0.1) is 0 Å². The Morgan fingerprint density at radius 1 is 0.667 bits per heavy atom. The largest absolute Gasteiger partial charge is 0.481 e. The number of anilines is 2. The Bertz CT molecular complexity index is 2790. The molecule has 0 saturated carbocycles. The maximum Gasteiger partial charge on any atom is 0.303 e. The van der Waals surface area contributed by atoms with Crippen molar-refractivity contribution in [3.05, 3.63) is 161 Å². The van der Waals surface area contributed by atoms with Crippen molar-refractivity contribution in [2.45, 2.75) is 104 Å². The van der Waals surface area contributed by atoms with E-state index in [4.69, 9.17) is 5.11 Å². The van der Waals surface area contributed by atoms with Gasteiger partial charge < -0.3 is 30.0 Å². The minimum absolute atomic E-state index is 0.197. The first-order valence-electron chi connectivity index (χ1n) is 25.0. The summed E-state index contributed by atoms with van der Waals surface area (Å²) in [5.74, 6) is -1.47. The molecule has 4 N–H and O–H groups in total. The molecular formula is C60H76N4O5+2. The van der Waals surface area contributed by atoms with Crippen molar-refractivity contribution in [3.63, 3.8) is 0 Å². The lowest BCUT2D eigenvalue weighted by Gasteiger charge is -2.37. The number of aliphatic carboxylic acids is 2. The molecule has 9 nitrogen and oxygen atoms in total. The zero-order chi connectivity index (χ0) is 49.9. The van der Waals surface area contributed by atoms with Gasteiger partial charge in [0.15, 0.2) is 5.71 Å². The zero-order valence-corrected chi connectivity index (χ0v) is 42.6. The third kappa shape index (κ3) is 11.6. The lowest BCUT2D eigenvalue weighted by atomic mass is 9.79. The Morgan fingerprint density at radius 2 is 1.25 bits per heavy atom. The molecule has 69 heavy (non-hydrogen) atoms. The van der Waals surface area contributed by atoms with Crippen LogP contribution in [0.5, 0.6) is 0 Å². The van der Waals surface area contributed by atoms with E-state index in [0.29, 0.717) is 12.8 Å². The van der Waals surface area contributed by atoms with Gasteiger partial charge in [-0.1, -0.05) is 107 Å². The second-order valence-electron chi connectivity index (χ2n) is 19.9. The number of carboxylic acids is 2. The number of likely N-dealkylation sites (N-methyl/N-ethyl adjacent to an activating group) is 1. The number of carbonyl (C=O) groups is 2. The van der Waals surface area contributed by atoms with E-state index in [0.717, 1.165) is 74.8 Å². The van der Waals surface area contributed by atoms with Gasteiger partial charge in [0, 0.05) is 84.3 Å². The summed E-state index contributed by atoms with van der Waals surface area (Å²) in [5, 5.41) is 34.6. The first-order valence-corrected chi connectivity index (χ1v) is 25.0. The summed E-state index contributed by atoms with van der Waals surface area (Å²) >= 11 is 0. The van der Waals surface area contributed by atoms with Crippen molar-refractivity contribution < 1.29 is 34.0 Å². The van der Waals surface area contributed by atoms with Gasteiger partial charge in [0.1, 0.15) is 19.6 Å². The fourth-order valence-electron chi connectivity index (χ4n) is 10.8. The molecule has 0 spiro atoms. The number of hydrogen-bond acceptors (Lipinski definition) is 5. The number of carboxylic acid groups (broad SMARTS) is 2. The predicted octanol–water partition coefficient (Wildman–Crippen LogP) is 12.9. The molecule has 3 aliphatic rings. The number of nitrogens with one attached hydrogen (secondary N) is 1. The van der Waals surface area contributed by atoms with Gasteiger partial charge in [0.2, 0.25) is 5.69 Å². The van der Waals surface area contributed by atoms with Crippen molar-refractivity contribution in [2.24, 2.45) is 0 Å². The van der Waals surface area contributed by atoms with Crippen LogP contribution in [0.3, 0.4) is 0 Å². The quantitative estimate of drug-likeness (QED) is 0.0417. The van der Waals surface area contributed by atoms with Crippen molar-refractivity contribution in [1.82, 2.24) is 0 Å². The topological polar surface area (TPSA) is 113 Å². The van der Waals surface area contributed by atoms with Gasteiger partial charge in [0.05, 0.1) is 25.2 Å². The Morgan fingerprint density at radius 3 is 1.88 bits per heavy atom. The van der Waals surface area contributed by atoms with Crippen LogP contribution in [0.4, 0.5) is 17.1 Å². The van der Waals surface area contributed by atoms with Crippen molar-refractivity contribution >= 4 is 56.3 Å². The van der Waals surface area contributed by atoms with Gasteiger partial charge >= 0.3 is 11.9 Å². The average molecular weight is 933 g/mol. The smallest absolute Gasteiger partial charge is 0.303 e. The van der Waals surface area contributed by atoms with Crippen LogP contribution in [-0.4, -0.2) is 89.4 Å². The molecule has 0 unspecified atom stereocenters.